The number of aryl methyl sites for hydroxylation is 2. The topological polar surface area (TPSA) is 130 Å². The standard InChI is InChI=1S/C22H28N6O4/c1-26-19-18(20(31)25-22(26)32)28-14-17(27(21(28)24-19)11-3-5-13-30)15-6-8-16(9-7-15)23-10-2-4-12-29/h6-9,14,23,29-30H,2-5,10-13H2,1H3,(H,25,31,32). The fourth-order valence-electron chi connectivity index (χ4n) is 3.86. The number of hydrogen-bond acceptors (Lipinski definition) is 6. The molecule has 0 amide bonds. The molecule has 0 bridgehead atoms. The van der Waals surface area contributed by atoms with Crippen LogP contribution in [0.2, 0.25) is 0 Å². The number of anilines is 1. The number of rotatable bonds is 10. The van der Waals surface area contributed by atoms with Gasteiger partial charge in [0.25, 0.3) is 5.56 Å². The van der Waals surface area contributed by atoms with Crippen LogP contribution in [0.4, 0.5) is 5.69 Å². The second kappa shape index (κ2) is 9.41. The number of fused-ring (bicyclic) bond motifs is 3. The van der Waals surface area contributed by atoms with Crippen molar-refractivity contribution in [3.05, 3.63) is 51.3 Å². The number of benzene rings is 1. The van der Waals surface area contributed by atoms with E-state index in [-0.39, 0.29) is 13.2 Å². The Labute approximate surface area is 183 Å². The molecule has 170 valence electrons. The van der Waals surface area contributed by atoms with Crippen molar-refractivity contribution in [2.75, 3.05) is 25.1 Å². The zero-order chi connectivity index (χ0) is 22.7. The first kappa shape index (κ1) is 21.8. The van der Waals surface area contributed by atoms with Crippen LogP contribution in [0, 0.1) is 0 Å². The van der Waals surface area contributed by atoms with Gasteiger partial charge in [-0.1, -0.05) is 12.1 Å². The van der Waals surface area contributed by atoms with Gasteiger partial charge in [-0.3, -0.25) is 18.7 Å². The molecule has 1 aromatic carbocycles. The quantitative estimate of drug-likeness (QED) is 0.275. The summed E-state index contributed by atoms with van der Waals surface area (Å²) < 4.78 is 5.07. The van der Waals surface area contributed by atoms with Gasteiger partial charge in [-0.05, 0) is 43.4 Å². The van der Waals surface area contributed by atoms with Gasteiger partial charge in [-0.2, -0.15) is 4.98 Å². The van der Waals surface area contributed by atoms with Gasteiger partial charge < -0.3 is 20.1 Å². The molecule has 0 atom stereocenters. The number of aliphatic hydroxyl groups is 2. The van der Waals surface area contributed by atoms with E-state index in [1.807, 2.05) is 35.0 Å². The van der Waals surface area contributed by atoms with E-state index in [0.717, 1.165) is 42.8 Å². The Bertz CT molecular complexity index is 1330. The van der Waals surface area contributed by atoms with E-state index in [1.54, 1.807) is 11.4 Å². The molecule has 3 heterocycles. The van der Waals surface area contributed by atoms with Crippen LogP contribution in [0.25, 0.3) is 28.2 Å². The minimum Gasteiger partial charge on any atom is -0.396 e. The summed E-state index contributed by atoms with van der Waals surface area (Å²) in [6.07, 6.45) is 4.93. The molecule has 0 spiro atoms. The molecular formula is C22H28N6O4. The average molecular weight is 441 g/mol. The minimum absolute atomic E-state index is 0.105. The smallest absolute Gasteiger partial charge is 0.329 e. The third-order valence-electron chi connectivity index (χ3n) is 5.60. The lowest BCUT2D eigenvalue weighted by molar-refractivity contribution is 0.281. The third-order valence-corrected chi connectivity index (χ3v) is 5.60. The molecule has 0 aliphatic heterocycles. The van der Waals surface area contributed by atoms with Gasteiger partial charge in [0.05, 0.1) is 5.69 Å². The molecule has 0 aliphatic carbocycles. The average Bonchev–Trinajstić information content (AvgIpc) is 3.33. The lowest BCUT2D eigenvalue weighted by atomic mass is 10.1. The van der Waals surface area contributed by atoms with Crippen LogP contribution in [0.15, 0.2) is 40.1 Å². The summed E-state index contributed by atoms with van der Waals surface area (Å²) in [4.78, 5) is 31.5. The van der Waals surface area contributed by atoms with Crippen LogP contribution in [-0.4, -0.2) is 53.5 Å². The largest absolute Gasteiger partial charge is 0.396 e. The van der Waals surface area contributed by atoms with Gasteiger partial charge in [-0.15, -0.1) is 0 Å². The Hall–Kier alpha value is -3.37. The normalized spacial score (nSPS) is 11.6. The second-order valence-electron chi connectivity index (χ2n) is 7.80. The van der Waals surface area contributed by atoms with Crippen LogP contribution < -0.4 is 16.6 Å². The highest BCUT2D eigenvalue weighted by Crippen LogP contribution is 2.27. The van der Waals surface area contributed by atoms with Crippen LogP contribution in [0.1, 0.15) is 25.7 Å². The zero-order valence-electron chi connectivity index (χ0n) is 18.0. The number of unbranched alkanes of at least 4 members (excludes halogenated alkanes) is 2. The molecule has 4 N–H and O–H groups in total. The minimum atomic E-state index is -0.502. The van der Waals surface area contributed by atoms with Crippen LogP contribution >= 0.6 is 0 Å². The lowest BCUT2D eigenvalue weighted by Crippen LogP contribution is -2.28. The molecule has 0 aliphatic rings. The van der Waals surface area contributed by atoms with E-state index in [2.05, 4.69) is 15.3 Å². The fraction of sp³-hybridized carbons (Fsp3) is 0.409. The Morgan fingerprint density at radius 2 is 1.75 bits per heavy atom. The Morgan fingerprint density at radius 3 is 2.47 bits per heavy atom. The summed E-state index contributed by atoms with van der Waals surface area (Å²) in [6, 6.07) is 8.01. The molecule has 32 heavy (non-hydrogen) atoms. The molecule has 0 fully saturated rings. The highest BCUT2D eigenvalue weighted by Gasteiger charge is 2.19. The maximum Gasteiger partial charge on any atom is 0.329 e. The first-order valence-corrected chi connectivity index (χ1v) is 10.8. The number of H-pyrrole nitrogens is 1. The van der Waals surface area contributed by atoms with E-state index in [4.69, 9.17) is 5.11 Å². The number of aliphatic hydroxyl groups excluding tert-OH is 2. The van der Waals surface area contributed by atoms with E-state index >= 15 is 0 Å². The van der Waals surface area contributed by atoms with Gasteiger partial charge in [-0.25, -0.2) is 4.79 Å². The molecule has 10 heteroatoms. The molecule has 0 unspecified atom stereocenters. The van der Waals surface area contributed by atoms with Gasteiger partial charge in [0.1, 0.15) is 0 Å². The van der Waals surface area contributed by atoms with Gasteiger partial charge in [0.2, 0.25) is 5.78 Å². The van der Waals surface area contributed by atoms with E-state index in [1.165, 1.54) is 4.57 Å². The molecule has 0 saturated carbocycles. The molecule has 3 aromatic heterocycles. The molecule has 0 saturated heterocycles. The number of nitrogens with zero attached hydrogens (tertiary/aromatic N) is 4. The van der Waals surface area contributed by atoms with Gasteiger partial charge >= 0.3 is 5.69 Å². The van der Waals surface area contributed by atoms with Crippen molar-refractivity contribution in [3.63, 3.8) is 0 Å². The van der Waals surface area contributed by atoms with Gasteiger partial charge in [0, 0.05) is 45.2 Å². The highest BCUT2D eigenvalue weighted by atomic mass is 16.3. The van der Waals surface area contributed by atoms with Crippen LogP contribution in [-0.2, 0) is 13.6 Å². The van der Waals surface area contributed by atoms with Gasteiger partial charge in [0.15, 0.2) is 11.2 Å². The maximum atomic E-state index is 12.5. The van der Waals surface area contributed by atoms with Crippen molar-refractivity contribution in [3.8, 4) is 11.3 Å². The molecule has 0 radical (unpaired) electrons. The van der Waals surface area contributed by atoms with Crippen molar-refractivity contribution in [1.82, 2.24) is 23.5 Å². The van der Waals surface area contributed by atoms with Crippen molar-refractivity contribution >= 4 is 22.6 Å². The highest BCUT2D eigenvalue weighted by molar-refractivity contribution is 5.78. The summed E-state index contributed by atoms with van der Waals surface area (Å²) in [5.41, 5.74) is 2.54. The van der Waals surface area contributed by atoms with Crippen molar-refractivity contribution in [1.29, 1.82) is 0 Å². The molecule has 4 aromatic rings. The van der Waals surface area contributed by atoms with Crippen molar-refractivity contribution in [2.24, 2.45) is 7.05 Å². The summed E-state index contributed by atoms with van der Waals surface area (Å²) in [6.45, 7) is 1.71. The Morgan fingerprint density at radius 1 is 1.03 bits per heavy atom. The van der Waals surface area contributed by atoms with E-state index in [9.17, 15) is 14.7 Å². The third kappa shape index (κ3) is 4.06. The van der Waals surface area contributed by atoms with E-state index in [0.29, 0.717) is 29.9 Å². The van der Waals surface area contributed by atoms with Crippen LogP contribution in [0.3, 0.4) is 0 Å². The maximum absolute atomic E-state index is 12.5. The fourth-order valence-corrected chi connectivity index (χ4v) is 3.86. The number of imidazole rings is 2. The Kier molecular flexibility index (Phi) is 6.42. The number of aromatic amines is 1. The van der Waals surface area contributed by atoms with Crippen molar-refractivity contribution in [2.45, 2.75) is 32.2 Å². The van der Waals surface area contributed by atoms with E-state index < -0.39 is 11.2 Å². The number of aromatic nitrogens is 5. The first-order chi connectivity index (χ1) is 15.5. The first-order valence-electron chi connectivity index (χ1n) is 10.8. The second-order valence-corrected chi connectivity index (χ2v) is 7.80. The van der Waals surface area contributed by atoms with Crippen LogP contribution in [0.5, 0.6) is 0 Å². The molecule has 4 rings (SSSR count). The number of nitrogens with one attached hydrogen (secondary N) is 2. The monoisotopic (exact) mass is 440 g/mol. The predicted molar refractivity (Wildman–Crippen MR) is 123 cm³/mol. The summed E-state index contributed by atoms with van der Waals surface area (Å²) >= 11 is 0. The van der Waals surface area contributed by atoms with Crippen molar-refractivity contribution < 1.29 is 10.2 Å². The Balaban J connectivity index is 1.76. The molecule has 10 nitrogen and oxygen atoms in total. The summed E-state index contributed by atoms with van der Waals surface area (Å²) in [7, 11) is 1.58. The summed E-state index contributed by atoms with van der Waals surface area (Å²) in [5.74, 6) is 0.575. The predicted octanol–water partition coefficient (Wildman–Crippen LogP) is 1.30. The SMILES string of the molecule is Cn1c(=O)[nH]c(=O)c2c1nc1n(CCCCO)c(-c3ccc(NCCCCO)cc3)cn21. The summed E-state index contributed by atoms with van der Waals surface area (Å²) in [5, 5.41) is 21.4. The lowest BCUT2D eigenvalue weighted by Gasteiger charge is -2.10. The molecular weight excluding hydrogens is 412 g/mol. The zero-order valence-corrected chi connectivity index (χ0v) is 18.0. The number of hydrogen-bond donors (Lipinski definition) is 4.